The average Bonchev–Trinajstić information content (AvgIpc) is 3.06. The molecule has 230 valence electrons. The zero-order valence-electron chi connectivity index (χ0n) is 23.8. The molecule has 2 aliphatic rings. The second-order valence-corrected chi connectivity index (χ2v) is 9.89. The van der Waals surface area contributed by atoms with Crippen molar-refractivity contribution in [2.75, 3.05) is 19.8 Å². The maximum absolute atomic E-state index is 13.2. The Bertz CT molecular complexity index is 1060. The summed E-state index contributed by atoms with van der Waals surface area (Å²) in [6.07, 6.45) is -8.41. The van der Waals surface area contributed by atoms with Crippen molar-refractivity contribution in [3.05, 3.63) is 0 Å². The van der Waals surface area contributed by atoms with Gasteiger partial charge in [-0.25, -0.2) is 0 Å². The molecule has 0 saturated carbocycles. The number of ether oxygens (including phenoxy) is 7. The molecule has 0 aromatic heterocycles. The third kappa shape index (κ3) is 7.29. The first-order valence-corrected chi connectivity index (χ1v) is 13.1. The van der Waals surface area contributed by atoms with Crippen LogP contribution in [-0.2, 0) is 61.9 Å². The fraction of sp³-hybridized carbons (Fsp3) is 0.720. The van der Waals surface area contributed by atoms with E-state index in [1.54, 1.807) is 0 Å². The molecule has 16 heteroatoms. The molecule has 0 bridgehead atoms. The molecule has 2 saturated heterocycles. The summed E-state index contributed by atoms with van der Waals surface area (Å²) in [5.41, 5.74) is -4.47. The predicted molar refractivity (Wildman–Crippen MR) is 137 cm³/mol. The fourth-order valence-electron chi connectivity index (χ4n) is 4.80. The van der Waals surface area contributed by atoms with E-state index >= 15 is 0 Å². The quantitative estimate of drug-likeness (QED) is 0.150. The Morgan fingerprint density at radius 2 is 1.29 bits per heavy atom. The van der Waals surface area contributed by atoms with Gasteiger partial charge in [0.05, 0.1) is 13.2 Å². The van der Waals surface area contributed by atoms with E-state index in [0.29, 0.717) is 0 Å². The maximum atomic E-state index is 13.2. The van der Waals surface area contributed by atoms with Crippen LogP contribution in [0.4, 0.5) is 0 Å². The SMILES string of the molecule is CCOC(=O)C1(C(=O)OCC)C[C@@](C)(O)N([C@@H]2O[C@H](COC(C)=O)[C@@H](OC(C)=O)[C@H](OC(C)=O)[C@H]2OC(C)=O)C1=S. The molecule has 0 aromatic carbocycles. The molecular weight excluding hydrogens is 570 g/mol. The largest absolute Gasteiger partial charge is 0.465 e. The molecule has 2 heterocycles. The van der Waals surface area contributed by atoms with E-state index in [0.717, 1.165) is 32.6 Å². The Morgan fingerprint density at radius 1 is 0.829 bits per heavy atom. The van der Waals surface area contributed by atoms with E-state index in [4.69, 9.17) is 45.4 Å². The Balaban J connectivity index is 2.77. The minimum Gasteiger partial charge on any atom is -0.465 e. The number of rotatable bonds is 10. The summed E-state index contributed by atoms with van der Waals surface area (Å²) in [6, 6.07) is 0. The molecule has 0 spiro atoms. The number of hydrogen-bond donors (Lipinski definition) is 1. The molecule has 1 N–H and O–H groups in total. The number of esters is 6. The third-order valence-corrected chi connectivity index (χ3v) is 6.72. The van der Waals surface area contributed by atoms with Gasteiger partial charge in [-0.05, 0) is 20.8 Å². The maximum Gasteiger partial charge on any atom is 0.330 e. The number of thiocarbonyl (C=S) groups is 1. The van der Waals surface area contributed by atoms with E-state index in [9.17, 15) is 33.9 Å². The summed E-state index contributed by atoms with van der Waals surface area (Å²) in [4.78, 5) is 74.9. The van der Waals surface area contributed by atoms with Crippen molar-refractivity contribution in [3.63, 3.8) is 0 Å². The minimum absolute atomic E-state index is 0.135. The van der Waals surface area contributed by atoms with Gasteiger partial charge in [-0.2, -0.15) is 0 Å². The van der Waals surface area contributed by atoms with Crippen molar-refractivity contribution in [1.29, 1.82) is 0 Å². The first-order chi connectivity index (χ1) is 19.0. The molecule has 15 nitrogen and oxygen atoms in total. The third-order valence-electron chi connectivity index (χ3n) is 6.17. The van der Waals surface area contributed by atoms with Crippen LogP contribution < -0.4 is 0 Å². The van der Waals surface area contributed by atoms with E-state index in [2.05, 4.69) is 0 Å². The second-order valence-electron chi connectivity index (χ2n) is 9.51. The molecule has 2 aliphatic heterocycles. The molecule has 0 unspecified atom stereocenters. The van der Waals surface area contributed by atoms with Crippen LogP contribution in [0.25, 0.3) is 0 Å². The van der Waals surface area contributed by atoms with Gasteiger partial charge in [-0.15, -0.1) is 0 Å². The highest BCUT2D eigenvalue weighted by Gasteiger charge is 2.69. The molecule has 2 fully saturated rings. The van der Waals surface area contributed by atoms with Gasteiger partial charge in [0.25, 0.3) is 0 Å². The fourth-order valence-corrected chi connectivity index (χ4v) is 5.34. The number of hydrogen-bond acceptors (Lipinski definition) is 15. The van der Waals surface area contributed by atoms with E-state index in [-0.39, 0.29) is 13.2 Å². The van der Waals surface area contributed by atoms with Crippen molar-refractivity contribution in [2.45, 2.75) is 91.3 Å². The van der Waals surface area contributed by atoms with Crippen LogP contribution in [0.3, 0.4) is 0 Å². The molecular formula is C25H35NO14S. The van der Waals surface area contributed by atoms with E-state index in [1.165, 1.54) is 20.8 Å². The number of carbonyl (C=O) groups excluding carboxylic acids is 6. The summed E-state index contributed by atoms with van der Waals surface area (Å²) in [7, 11) is 0. The average molecular weight is 606 g/mol. The molecule has 0 radical (unpaired) electrons. The van der Waals surface area contributed by atoms with Crippen LogP contribution in [0, 0.1) is 5.41 Å². The monoisotopic (exact) mass is 605 g/mol. The van der Waals surface area contributed by atoms with Crippen molar-refractivity contribution in [3.8, 4) is 0 Å². The Hall–Kier alpha value is -3.37. The van der Waals surface area contributed by atoms with Gasteiger partial charge < -0.3 is 43.2 Å². The van der Waals surface area contributed by atoms with Gasteiger partial charge in [-0.1, -0.05) is 12.2 Å². The highest BCUT2D eigenvalue weighted by molar-refractivity contribution is 7.80. The molecule has 2 rings (SSSR count). The Labute approximate surface area is 241 Å². The van der Waals surface area contributed by atoms with Crippen LogP contribution >= 0.6 is 12.2 Å². The Kier molecular flexibility index (Phi) is 11.2. The number of aliphatic hydroxyl groups is 1. The number of carbonyl (C=O) groups is 6. The summed E-state index contributed by atoms with van der Waals surface area (Å²) in [6.45, 7) is 7.67. The summed E-state index contributed by atoms with van der Waals surface area (Å²) < 4.78 is 37.6. The highest BCUT2D eigenvalue weighted by atomic mass is 32.1. The first-order valence-electron chi connectivity index (χ1n) is 12.7. The lowest BCUT2D eigenvalue weighted by Crippen LogP contribution is -2.68. The Morgan fingerprint density at radius 3 is 1.73 bits per heavy atom. The van der Waals surface area contributed by atoms with Crippen molar-refractivity contribution >= 4 is 53.0 Å². The van der Waals surface area contributed by atoms with Crippen molar-refractivity contribution in [1.82, 2.24) is 4.90 Å². The molecule has 0 amide bonds. The first kappa shape index (κ1) is 33.8. The summed E-state index contributed by atoms with van der Waals surface area (Å²) in [5, 5.41) is 11.6. The lowest BCUT2D eigenvalue weighted by molar-refractivity contribution is -0.287. The normalized spacial score (nSPS) is 28.7. The van der Waals surface area contributed by atoms with Crippen LogP contribution in [0.2, 0.25) is 0 Å². The second kappa shape index (κ2) is 13.5. The molecule has 0 aliphatic carbocycles. The van der Waals surface area contributed by atoms with Gasteiger partial charge in [0.15, 0.2) is 24.5 Å². The number of likely N-dealkylation sites (tertiary alicyclic amines) is 1. The van der Waals surface area contributed by atoms with Crippen molar-refractivity contribution < 1.29 is 67.0 Å². The van der Waals surface area contributed by atoms with Gasteiger partial charge in [0.2, 0.25) is 5.41 Å². The molecule has 41 heavy (non-hydrogen) atoms. The zero-order chi connectivity index (χ0) is 31.3. The predicted octanol–water partition coefficient (Wildman–Crippen LogP) is -0.0763. The van der Waals surface area contributed by atoms with E-state index < -0.39 is 95.6 Å². The standard InChI is InChI=1S/C25H35NO14S/c1-8-34-22(31)25(23(32)35-9-2)11-24(7,33)26(21(25)41)20-19(39-15(6)30)18(38-14(5)29)17(37-13(4)28)16(40-20)10-36-12(3)27/h16-20,33H,8-11H2,1-7H3/t16-,17-,18+,19-,20-,24-/m1/s1. The van der Waals surface area contributed by atoms with Crippen LogP contribution in [0.1, 0.15) is 54.9 Å². The van der Waals surface area contributed by atoms with Gasteiger partial charge in [0, 0.05) is 34.1 Å². The topological polar surface area (TPSA) is 190 Å². The lowest BCUT2D eigenvalue weighted by atomic mass is 9.84. The molecule has 6 atom stereocenters. The lowest BCUT2D eigenvalue weighted by Gasteiger charge is -2.49. The van der Waals surface area contributed by atoms with Gasteiger partial charge in [0.1, 0.15) is 23.4 Å². The smallest absolute Gasteiger partial charge is 0.330 e. The van der Waals surface area contributed by atoms with Crippen molar-refractivity contribution in [2.24, 2.45) is 5.41 Å². The van der Waals surface area contributed by atoms with Gasteiger partial charge in [-0.3, -0.25) is 28.8 Å². The van der Waals surface area contributed by atoms with Crippen LogP contribution in [0.15, 0.2) is 0 Å². The summed E-state index contributed by atoms with van der Waals surface area (Å²) >= 11 is 5.59. The number of nitrogens with zero attached hydrogens (tertiary/aromatic N) is 1. The minimum atomic E-state index is -2.32. The van der Waals surface area contributed by atoms with Gasteiger partial charge >= 0.3 is 35.8 Å². The van der Waals surface area contributed by atoms with Crippen LogP contribution in [0.5, 0.6) is 0 Å². The highest BCUT2D eigenvalue weighted by Crippen LogP contribution is 2.48. The van der Waals surface area contributed by atoms with Crippen LogP contribution in [-0.4, -0.2) is 107 Å². The zero-order valence-corrected chi connectivity index (χ0v) is 24.6. The molecule has 0 aromatic rings. The summed E-state index contributed by atoms with van der Waals surface area (Å²) in [5.74, 6) is -5.54. The van der Waals surface area contributed by atoms with E-state index in [1.807, 2.05) is 0 Å².